The number of urea groups is 1. The van der Waals surface area contributed by atoms with Crippen molar-refractivity contribution >= 4 is 47.8 Å². The molecule has 3 aromatic carbocycles. The summed E-state index contributed by atoms with van der Waals surface area (Å²) in [5.74, 6) is 0.182. The molecule has 5 rings (SSSR count). The minimum atomic E-state index is -2.88. The monoisotopic (exact) mass is 604 g/mol. The van der Waals surface area contributed by atoms with Crippen LogP contribution in [0.25, 0.3) is 0 Å². The van der Waals surface area contributed by atoms with Crippen LogP contribution in [0.5, 0.6) is 5.75 Å². The minimum Gasteiger partial charge on any atom is -0.497 e. The lowest BCUT2D eigenvalue weighted by Crippen LogP contribution is -2.67. The van der Waals surface area contributed by atoms with Crippen molar-refractivity contribution in [3.63, 3.8) is 0 Å². The molecule has 0 radical (unpaired) electrons. The molecule has 1 aliphatic heterocycles. The van der Waals surface area contributed by atoms with Crippen molar-refractivity contribution in [2.24, 2.45) is 0 Å². The van der Waals surface area contributed by atoms with E-state index in [1.165, 1.54) is 29.0 Å². The fourth-order valence-corrected chi connectivity index (χ4v) is 10.4. The lowest BCUT2D eigenvalue weighted by atomic mass is 10.1. The molecule has 1 unspecified atom stereocenters. The van der Waals surface area contributed by atoms with E-state index < -0.39 is 26.2 Å². The Balaban J connectivity index is 1.55. The normalized spacial score (nSPS) is 14.5. The number of carbonyl (C=O) groups excluding carboxylic acids is 1. The van der Waals surface area contributed by atoms with Crippen molar-refractivity contribution in [1.29, 1.82) is 0 Å². The molecule has 218 valence electrons. The summed E-state index contributed by atoms with van der Waals surface area (Å²) in [4.78, 5) is 25.6. The Morgan fingerprint density at radius 3 is 2.19 bits per heavy atom. The van der Waals surface area contributed by atoms with Gasteiger partial charge in [-0.1, -0.05) is 81.4 Å². The number of nitrogens with zero attached hydrogens (tertiary/aromatic N) is 4. The van der Waals surface area contributed by atoms with E-state index in [0.717, 1.165) is 10.4 Å². The average Bonchev–Trinajstić information content (AvgIpc) is 2.97. The first-order valence-electron chi connectivity index (χ1n) is 13.8. The van der Waals surface area contributed by atoms with Gasteiger partial charge in [0.1, 0.15) is 11.6 Å². The first kappa shape index (κ1) is 29.7. The SMILES string of the molecule is COc1ccc(N2Cc3cnc(Cl)nc3N(C(C)CO[Si](c3ccccc3)(c3ccccc3)C(C)(C)C)C2=O)c(F)c1. The fraction of sp³-hybridized carbons (Fsp3) is 0.281. The van der Waals surface area contributed by atoms with Gasteiger partial charge in [0.2, 0.25) is 5.28 Å². The van der Waals surface area contributed by atoms with Crippen molar-refractivity contribution < 1.29 is 18.3 Å². The summed E-state index contributed by atoms with van der Waals surface area (Å²) in [6.07, 6.45) is 1.58. The summed E-state index contributed by atoms with van der Waals surface area (Å²) in [6, 6.07) is 24.1. The highest BCUT2D eigenvalue weighted by Crippen LogP contribution is 2.38. The highest BCUT2D eigenvalue weighted by atomic mass is 35.5. The van der Waals surface area contributed by atoms with Crippen LogP contribution >= 0.6 is 11.6 Å². The molecule has 2 heterocycles. The molecule has 0 saturated heterocycles. The molecule has 2 amide bonds. The second-order valence-electron chi connectivity index (χ2n) is 11.4. The highest BCUT2D eigenvalue weighted by Gasteiger charge is 2.51. The van der Waals surface area contributed by atoms with Crippen LogP contribution in [0, 0.1) is 5.82 Å². The van der Waals surface area contributed by atoms with Crippen molar-refractivity contribution in [1.82, 2.24) is 9.97 Å². The van der Waals surface area contributed by atoms with Crippen molar-refractivity contribution in [2.45, 2.75) is 45.3 Å². The zero-order chi connectivity index (χ0) is 30.1. The van der Waals surface area contributed by atoms with Crippen LogP contribution < -0.4 is 24.9 Å². The van der Waals surface area contributed by atoms with E-state index in [0.29, 0.717) is 17.1 Å². The molecule has 1 aliphatic rings. The number of amides is 2. The van der Waals surface area contributed by atoms with E-state index in [4.69, 9.17) is 20.8 Å². The number of benzene rings is 3. The minimum absolute atomic E-state index is 0.0238. The fourth-order valence-electron chi connectivity index (χ4n) is 5.66. The standard InChI is InChI=1S/C32H34ClFN4O3Si/c1-22(21-41-42(32(2,3)4,25-12-8-6-9-13-25)26-14-10-7-11-15-26)38-29-23(19-35-30(33)36-29)20-37(31(38)39)28-17-16-24(40-5)18-27(28)34/h6-19,22H,20-21H2,1-5H3. The summed E-state index contributed by atoms with van der Waals surface area (Å²) >= 11 is 6.20. The van der Waals surface area contributed by atoms with Gasteiger partial charge in [-0.25, -0.2) is 14.2 Å². The van der Waals surface area contributed by atoms with Gasteiger partial charge in [0, 0.05) is 17.8 Å². The first-order chi connectivity index (χ1) is 20.1. The molecule has 0 aliphatic carbocycles. The van der Waals surface area contributed by atoms with Crippen LogP contribution in [0.3, 0.4) is 0 Å². The molecule has 1 aromatic heterocycles. The molecule has 10 heteroatoms. The first-order valence-corrected chi connectivity index (χ1v) is 16.1. The molecule has 0 bridgehead atoms. The third kappa shape index (κ3) is 5.39. The van der Waals surface area contributed by atoms with Gasteiger partial charge in [0.25, 0.3) is 8.32 Å². The third-order valence-electron chi connectivity index (χ3n) is 7.65. The lowest BCUT2D eigenvalue weighted by Gasteiger charge is -2.45. The molecule has 1 atom stereocenters. The van der Waals surface area contributed by atoms with E-state index >= 15 is 4.39 Å². The number of ether oxygens (including phenoxy) is 1. The van der Waals surface area contributed by atoms with Gasteiger partial charge < -0.3 is 9.16 Å². The molecule has 0 N–H and O–H groups in total. The van der Waals surface area contributed by atoms with Crippen LogP contribution in [-0.2, 0) is 11.0 Å². The maximum atomic E-state index is 15.2. The van der Waals surface area contributed by atoms with Gasteiger partial charge in [-0.2, -0.15) is 4.98 Å². The number of hydrogen-bond acceptors (Lipinski definition) is 5. The number of aromatic nitrogens is 2. The Hall–Kier alpha value is -3.79. The van der Waals surface area contributed by atoms with Gasteiger partial charge in [0.15, 0.2) is 5.82 Å². The van der Waals surface area contributed by atoms with Gasteiger partial charge in [-0.15, -0.1) is 0 Å². The molecular weight excluding hydrogens is 571 g/mol. The molecule has 7 nitrogen and oxygen atoms in total. The predicted molar refractivity (Wildman–Crippen MR) is 167 cm³/mol. The maximum Gasteiger partial charge on any atom is 0.330 e. The Labute approximate surface area is 252 Å². The van der Waals surface area contributed by atoms with E-state index in [9.17, 15) is 4.79 Å². The smallest absolute Gasteiger partial charge is 0.330 e. The van der Waals surface area contributed by atoms with Crippen LogP contribution in [0.4, 0.5) is 20.7 Å². The van der Waals surface area contributed by atoms with E-state index in [1.54, 1.807) is 12.3 Å². The molecule has 4 aromatic rings. The second-order valence-corrected chi connectivity index (χ2v) is 16.0. The average molecular weight is 605 g/mol. The van der Waals surface area contributed by atoms with Crippen LogP contribution in [0.1, 0.15) is 33.3 Å². The number of rotatable bonds is 8. The summed E-state index contributed by atoms with van der Waals surface area (Å²) in [5, 5.41) is 2.04. The Morgan fingerprint density at radius 1 is 1.02 bits per heavy atom. The Kier molecular flexibility index (Phi) is 8.36. The summed E-state index contributed by atoms with van der Waals surface area (Å²) in [6.45, 7) is 8.81. The number of anilines is 2. The summed E-state index contributed by atoms with van der Waals surface area (Å²) in [5.41, 5.74) is 0.776. The Morgan fingerprint density at radius 2 is 1.64 bits per heavy atom. The van der Waals surface area contributed by atoms with Gasteiger partial charge in [0.05, 0.1) is 32.0 Å². The molecule has 0 saturated carbocycles. The molecule has 0 spiro atoms. The van der Waals surface area contributed by atoms with Gasteiger partial charge >= 0.3 is 6.03 Å². The largest absolute Gasteiger partial charge is 0.497 e. The number of carbonyl (C=O) groups is 1. The summed E-state index contributed by atoms with van der Waals surface area (Å²) in [7, 11) is -1.42. The van der Waals surface area contributed by atoms with Gasteiger partial charge in [-0.3, -0.25) is 9.80 Å². The summed E-state index contributed by atoms with van der Waals surface area (Å²) < 4.78 is 27.5. The maximum absolute atomic E-state index is 15.2. The van der Waals surface area contributed by atoms with Crippen molar-refractivity contribution in [3.05, 3.63) is 102 Å². The van der Waals surface area contributed by atoms with E-state index in [2.05, 4.69) is 55.0 Å². The number of fused-ring (bicyclic) bond motifs is 1. The van der Waals surface area contributed by atoms with Gasteiger partial charge in [-0.05, 0) is 46.1 Å². The molecular formula is C32H34ClFN4O3Si. The van der Waals surface area contributed by atoms with Crippen LogP contribution in [-0.4, -0.2) is 44.1 Å². The number of methoxy groups -OCH3 is 1. The Bertz CT molecular complexity index is 1530. The zero-order valence-electron chi connectivity index (χ0n) is 24.3. The molecule has 42 heavy (non-hydrogen) atoms. The topological polar surface area (TPSA) is 67.8 Å². The lowest BCUT2D eigenvalue weighted by molar-refractivity contribution is 0.236. The number of hydrogen-bond donors (Lipinski definition) is 0. The quantitative estimate of drug-likeness (QED) is 0.177. The second kappa shape index (κ2) is 11.8. The van der Waals surface area contributed by atoms with Crippen molar-refractivity contribution in [2.75, 3.05) is 23.5 Å². The van der Waals surface area contributed by atoms with E-state index in [-0.39, 0.29) is 29.2 Å². The third-order valence-corrected chi connectivity index (χ3v) is 12.8. The highest BCUT2D eigenvalue weighted by molar-refractivity contribution is 6.99. The van der Waals surface area contributed by atoms with Crippen LogP contribution in [0.15, 0.2) is 85.1 Å². The zero-order valence-corrected chi connectivity index (χ0v) is 26.1. The van der Waals surface area contributed by atoms with Crippen molar-refractivity contribution in [3.8, 4) is 5.75 Å². The predicted octanol–water partition coefficient (Wildman–Crippen LogP) is 6.19. The van der Waals surface area contributed by atoms with E-state index in [1.807, 2.05) is 43.3 Å². The van der Waals surface area contributed by atoms with Crippen LogP contribution in [0.2, 0.25) is 10.3 Å². The molecule has 0 fully saturated rings. The number of halogens is 2.